The van der Waals surface area contributed by atoms with Crippen molar-refractivity contribution in [1.82, 2.24) is 4.90 Å². The summed E-state index contributed by atoms with van der Waals surface area (Å²) in [7, 11) is 0. The lowest BCUT2D eigenvalue weighted by Crippen LogP contribution is -2.38. The van der Waals surface area contributed by atoms with E-state index in [0.717, 1.165) is 11.8 Å². The molecule has 0 spiro atoms. The molecule has 2 heterocycles. The van der Waals surface area contributed by atoms with Gasteiger partial charge in [0, 0.05) is 6.08 Å². The zero-order chi connectivity index (χ0) is 19.4. The molecule has 0 radical (unpaired) electrons. The fourth-order valence-electron chi connectivity index (χ4n) is 2.54. The van der Waals surface area contributed by atoms with Gasteiger partial charge in [0.05, 0.1) is 11.5 Å². The molecule has 140 valence electrons. The number of ether oxygens (including phenoxy) is 1. The third-order valence-corrected chi connectivity index (χ3v) is 5.49. The molecule has 1 fully saturated rings. The van der Waals surface area contributed by atoms with Crippen molar-refractivity contribution in [3.63, 3.8) is 0 Å². The van der Waals surface area contributed by atoms with Crippen LogP contribution in [-0.2, 0) is 14.3 Å². The summed E-state index contributed by atoms with van der Waals surface area (Å²) in [5.41, 5.74) is 0.650. The highest BCUT2D eigenvalue weighted by Crippen LogP contribution is 2.39. The van der Waals surface area contributed by atoms with Crippen LogP contribution in [0.25, 0.3) is 6.08 Å². The van der Waals surface area contributed by atoms with Crippen molar-refractivity contribution >= 4 is 62.2 Å². The highest BCUT2D eigenvalue weighted by atomic mass is 79.9. The van der Waals surface area contributed by atoms with Gasteiger partial charge in [0.25, 0.3) is 5.91 Å². The number of hydrogen-bond donors (Lipinski definition) is 0. The molecular formula is C19H16BrNO4S2. The predicted molar refractivity (Wildman–Crippen MR) is 112 cm³/mol. The highest BCUT2D eigenvalue weighted by Gasteiger charge is 2.42. The first-order valence-electron chi connectivity index (χ1n) is 8.25. The summed E-state index contributed by atoms with van der Waals surface area (Å²) >= 11 is 9.77. The summed E-state index contributed by atoms with van der Waals surface area (Å²) in [4.78, 5) is 27.4. The summed E-state index contributed by atoms with van der Waals surface area (Å²) < 4.78 is 11.6. The van der Waals surface area contributed by atoms with Gasteiger partial charge >= 0.3 is 5.97 Å². The number of amides is 1. The third kappa shape index (κ3) is 4.51. The number of esters is 1. The van der Waals surface area contributed by atoms with Gasteiger partial charge < -0.3 is 9.15 Å². The van der Waals surface area contributed by atoms with E-state index in [0.29, 0.717) is 31.6 Å². The van der Waals surface area contributed by atoms with E-state index in [9.17, 15) is 9.59 Å². The second kappa shape index (κ2) is 8.86. The van der Waals surface area contributed by atoms with Crippen molar-refractivity contribution < 1.29 is 18.7 Å². The van der Waals surface area contributed by atoms with Gasteiger partial charge in [-0.15, -0.1) is 0 Å². The zero-order valence-electron chi connectivity index (χ0n) is 14.4. The molecule has 1 aromatic carbocycles. The van der Waals surface area contributed by atoms with Crippen molar-refractivity contribution in [3.05, 3.63) is 63.4 Å². The van der Waals surface area contributed by atoms with E-state index in [2.05, 4.69) is 15.9 Å². The van der Waals surface area contributed by atoms with Gasteiger partial charge in [-0.2, -0.15) is 0 Å². The van der Waals surface area contributed by atoms with E-state index in [1.165, 1.54) is 4.90 Å². The maximum atomic E-state index is 13.0. The van der Waals surface area contributed by atoms with Crippen molar-refractivity contribution in [2.45, 2.75) is 19.4 Å². The van der Waals surface area contributed by atoms with Crippen LogP contribution in [0.4, 0.5) is 0 Å². The van der Waals surface area contributed by atoms with Crippen LogP contribution in [0.5, 0.6) is 0 Å². The van der Waals surface area contributed by atoms with Crippen LogP contribution in [0.2, 0.25) is 0 Å². The van der Waals surface area contributed by atoms with Gasteiger partial charge in [-0.3, -0.25) is 9.69 Å². The molecule has 1 unspecified atom stereocenters. The van der Waals surface area contributed by atoms with Gasteiger partial charge in [-0.05, 0) is 40.0 Å². The molecule has 1 aliphatic rings. The van der Waals surface area contributed by atoms with Gasteiger partial charge in [0.15, 0.2) is 10.7 Å². The minimum Gasteiger partial charge on any atom is -0.464 e. The normalized spacial score (nSPS) is 16.8. The Hall–Kier alpha value is -1.90. The van der Waals surface area contributed by atoms with E-state index in [4.69, 9.17) is 21.4 Å². The van der Waals surface area contributed by atoms with Crippen molar-refractivity contribution in [2.24, 2.45) is 0 Å². The molecule has 2 aromatic rings. The van der Waals surface area contributed by atoms with Crippen LogP contribution in [0.1, 0.15) is 30.7 Å². The van der Waals surface area contributed by atoms with Crippen LogP contribution in [0.3, 0.4) is 0 Å². The minimum absolute atomic E-state index is 0.285. The number of carbonyl (C=O) groups excluding carboxylic acids is 2. The van der Waals surface area contributed by atoms with Crippen molar-refractivity contribution in [1.29, 1.82) is 0 Å². The summed E-state index contributed by atoms with van der Waals surface area (Å²) in [6, 6.07) is 11.6. The van der Waals surface area contributed by atoms with Gasteiger partial charge in [0.2, 0.25) is 0 Å². The Morgan fingerprint density at radius 2 is 2.07 bits per heavy atom. The Balaban J connectivity index is 1.94. The number of furan rings is 1. The molecule has 27 heavy (non-hydrogen) atoms. The summed E-state index contributed by atoms with van der Waals surface area (Å²) in [6.45, 7) is 2.20. The standard InChI is InChI=1S/C19H16BrNO4S2/c1-2-10-24-18(23)16(12-6-4-3-5-7-12)21-17(22)14(27-19(21)26)11-13-8-9-15(20)25-13/h3-9,11,16H,2,10H2,1H3/b14-11+. The molecule has 1 aliphatic heterocycles. The molecule has 8 heteroatoms. The number of halogens is 1. The summed E-state index contributed by atoms with van der Waals surface area (Å²) in [5, 5.41) is 0. The van der Waals surface area contributed by atoms with Crippen LogP contribution in [0.15, 0.2) is 56.5 Å². The van der Waals surface area contributed by atoms with Gasteiger partial charge in [0.1, 0.15) is 10.1 Å². The number of thioether (sulfide) groups is 1. The molecule has 1 amide bonds. The number of carbonyl (C=O) groups is 2. The topological polar surface area (TPSA) is 59.8 Å². The molecule has 1 saturated heterocycles. The minimum atomic E-state index is -0.917. The van der Waals surface area contributed by atoms with E-state index in [1.807, 2.05) is 25.1 Å². The SMILES string of the molecule is CCCOC(=O)C(c1ccccc1)N1C(=O)/C(=C\c2ccc(Br)o2)SC1=S. The van der Waals surface area contributed by atoms with Crippen molar-refractivity contribution in [2.75, 3.05) is 6.61 Å². The molecule has 1 aromatic heterocycles. The number of rotatable bonds is 6. The second-order valence-electron chi connectivity index (χ2n) is 5.67. The maximum Gasteiger partial charge on any atom is 0.333 e. The Labute approximate surface area is 174 Å². The van der Waals surface area contributed by atoms with Crippen LogP contribution in [0, 0.1) is 0 Å². The number of nitrogens with zero attached hydrogens (tertiary/aromatic N) is 1. The first kappa shape index (κ1) is 19.9. The average molecular weight is 466 g/mol. The highest BCUT2D eigenvalue weighted by molar-refractivity contribution is 9.10. The largest absolute Gasteiger partial charge is 0.464 e. The van der Waals surface area contributed by atoms with Crippen molar-refractivity contribution in [3.8, 4) is 0 Å². The molecule has 0 saturated carbocycles. The molecule has 5 nitrogen and oxygen atoms in total. The van der Waals surface area contributed by atoms with Gasteiger partial charge in [-0.25, -0.2) is 4.79 Å². The Morgan fingerprint density at radius 1 is 1.33 bits per heavy atom. The monoisotopic (exact) mass is 465 g/mol. The van der Waals surface area contributed by atoms with Crippen LogP contribution >= 0.6 is 39.9 Å². The Kier molecular flexibility index (Phi) is 6.51. The van der Waals surface area contributed by atoms with Gasteiger partial charge in [-0.1, -0.05) is 61.2 Å². The molecule has 1 atom stereocenters. The predicted octanol–water partition coefficient (Wildman–Crippen LogP) is 4.94. The molecule has 0 bridgehead atoms. The Bertz CT molecular complexity index is 894. The summed E-state index contributed by atoms with van der Waals surface area (Å²) in [6.07, 6.45) is 2.31. The lowest BCUT2D eigenvalue weighted by molar-refractivity contribution is -0.151. The molecule has 3 rings (SSSR count). The summed E-state index contributed by atoms with van der Waals surface area (Å²) in [5.74, 6) is -0.326. The first-order valence-corrected chi connectivity index (χ1v) is 10.3. The van der Waals surface area contributed by atoms with Crippen LogP contribution in [-0.4, -0.2) is 27.7 Å². The third-order valence-electron chi connectivity index (χ3n) is 3.74. The molecular weight excluding hydrogens is 450 g/mol. The zero-order valence-corrected chi connectivity index (χ0v) is 17.6. The quantitative estimate of drug-likeness (QED) is 0.342. The molecule has 0 N–H and O–H groups in total. The molecule has 0 aliphatic carbocycles. The second-order valence-corrected chi connectivity index (χ2v) is 8.13. The van der Waals surface area contributed by atoms with E-state index in [-0.39, 0.29) is 12.5 Å². The Morgan fingerprint density at radius 3 is 2.70 bits per heavy atom. The number of thiocarbonyl (C=S) groups is 1. The van der Waals surface area contributed by atoms with E-state index >= 15 is 0 Å². The fourth-order valence-corrected chi connectivity index (χ4v) is 4.16. The fraction of sp³-hybridized carbons (Fsp3) is 0.211. The first-order chi connectivity index (χ1) is 13.0. The lowest BCUT2D eigenvalue weighted by Gasteiger charge is -2.25. The van der Waals surface area contributed by atoms with E-state index < -0.39 is 12.0 Å². The lowest BCUT2D eigenvalue weighted by atomic mass is 10.1. The average Bonchev–Trinajstić information content (AvgIpc) is 3.19. The number of benzene rings is 1. The van der Waals surface area contributed by atoms with Crippen LogP contribution < -0.4 is 0 Å². The van der Waals surface area contributed by atoms with E-state index in [1.54, 1.807) is 30.3 Å². The number of hydrogen-bond acceptors (Lipinski definition) is 6. The smallest absolute Gasteiger partial charge is 0.333 e. The maximum absolute atomic E-state index is 13.0.